The molecule has 0 saturated carbocycles. The van der Waals surface area contributed by atoms with Crippen LogP contribution in [0.25, 0.3) is 0 Å². The first-order valence-corrected chi connectivity index (χ1v) is 6.36. The van der Waals surface area contributed by atoms with Gasteiger partial charge in [-0.3, -0.25) is 15.0 Å². The molecule has 3 rings (SSSR count). The molecule has 0 aromatic heterocycles. The third-order valence-electron chi connectivity index (χ3n) is 3.77. The molecule has 104 valence electrons. The molecule has 2 N–H and O–H groups in total. The maximum Gasteiger partial charge on any atom is 0.310 e. The lowest BCUT2D eigenvalue weighted by atomic mass is 9.82. The zero-order valence-corrected chi connectivity index (χ0v) is 10.3. The summed E-state index contributed by atoms with van der Waals surface area (Å²) >= 11 is 0. The summed E-state index contributed by atoms with van der Waals surface area (Å²) in [5.74, 6) is -2.73. The van der Waals surface area contributed by atoms with Crippen LogP contribution in [-0.2, 0) is 19.1 Å². The molecule has 0 aromatic carbocycles. The molecule has 3 aliphatic rings. The average molecular weight is 268 g/mol. The van der Waals surface area contributed by atoms with Gasteiger partial charge in [-0.1, -0.05) is 12.2 Å². The predicted molar refractivity (Wildman–Crippen MR) is 63.0 cm³/mol. The quantitative estimate of drug-likeness (QED) is 0.639. The minimum atomic E-state index is -0.987. The number of carboxylic acids is 1. The number of rotatable bonds is 3. The van der Waals surface area contributed by atoms with Gasteiger partial charge in [0.1, 0.15) is 5.92 Å². The fourth-order valence-corrected chi connectivity index (χ4v) is 2.82. The van der Waals surface area contributed by atoms with Gasteiger partial charge in [0, 0.05) is 13.1 Å². The van der Waals surface area contributed by atoms with Crippen molar-refractivity contribution in [3.8, 4) is 0 Å². The summed E-state index contributed by atoms with van der Waals surface area (Å²) in [5.41, 5.74) is 2.77. The summed E-state index contributed by atoms with van der Waals surface area (Å²) in [6, 6.07) is 0. The number of hydrazine groups is 1. The maximum absolute atomic E-state index is 12.2. The molecule has 0 spiro atoms. The number of carboxylic acid groups (broad SMARTS) is 1. The predicted octanol–water partition coefficient (Wildman–Crippen LogP) is -0.996. The van der Waals surface area contributed by atoms with Crippen LogP contribution >= 0.6 is 0 Å². The molecular weight excluding hydrogens is 252 g/mol. The van der Waals surface area contributed by atoms with Crippen molar-refractivity contribution in [3.63, 3.8) is 0 Å². The van der Waals surface area contributed by atoms with Crippen molar-refractivity contribution in [3.05, 3.63) is 12.2 Å². The second-order valence-corrected chi connectivity index (χ2v) is 4.92. The fraction of sp³-hybridized carbons (Fsp3) is 0.667. The van der Waals surface area contributed by atoms with Crippen LogP contribution in [0, 0.1) is 11.8 Å². The van der Waals surface area contributed by atoms with Crippen LogP contribution in [0.2, 0.25) is 0 Å². The summed E-state index contributed by atoms with van der Waals surface area (Å²) in [4.78, 5) is 23.5. The zero-order chi connectivity index (χ0) is 13.4. The van der Waals surface area contributed by atoms with E-state index in [0.29, 0.717) is 26.3 Å². The van der Waals surface area contributed by atoms with Crippen LogP contribution in [0.5, 0.6) is 0 Å². The first-order chi connectivity index (χ1) is 9.16. The van der Waals surface area contributed by atoms with Gasteiger partial charge in [0.15, 0.2) is 0 Å². The number of carbonyl (C=O) groups excluding carboxylic acids is 1. The number of hydrogen-bond donors (Lipinski definition) is 2. The Morgan fingerprint density at radius 1 is 1.16 bits per heavy atom. The lowest BCUT2D eigenvalue weighted by Crippen LogP contribution is -2.53. The van der Waals surface area contributed by atoms with Gasteiger partial charge >= 0.3 is 5.97 Å². The summed E-state index contributed by atoms with van der Waals surface area (Å²) in [5, 5.41) is 11.0. The maximum atomic E-state index is 12.2. The van der Waals surface area contributed by atoms with E-state index in [1.54, 1.807) is 17.2 Å². The smallest absolute Gasteiger partial charge is 0.310 e. The number of ether oxygens (including phenoxy) is 2. The fourth-order valence-electron chi connectivity index (χ4n) is 2.82. The number of aliphatic carboxylic acids is 1. The monoisotopic (exact) mass is 268 g/mol. The van der Waals surface area contributed by atoms with E-state index >= 15 is 0 Å². The van der Waals surface area contributed by atoms with Crippen LogP contribution in [0.1, 0.15) is 0 Å². The Morgan fingerprint density at radius 3 is 2.42 bits per heavy atom. The third kappa shape index (κ3) is 2.24. The van der Waals surface area contributed by atoms with Crippen molar-refractivity contribution in [2.45, 2.75) is 12.2 Å². The lowest BCUT2D eigenvalue weighted by Gasteiger charge is -2.29. The molecule has 0 aliphatic carbocycles. The van der Waals surface area contributed by atoms with Crippen molar-refractivity contribution >= 4 is 11.9 Å². The molecule has 3 aliphatic heterocycles. The summed E-state index contributed by atoms with van der Waals surface area (Å²) in [6.07, 6.45) is 2.59. The summed E-state index contributed by atoms with van der Waals surface area (Å²) in [6.45, 7) is 2.35. The summed E-state index contributed by atoms with van der Waals surface area (Å²) < 4.78 is 10.7. The number of morpholine rings is 1. The van der Waals surface area contributed by atoms with E-state index in [-0.39, 0.29) is 5.91 Å². The number of nitrogens with zero attached hydrogens (tertiary/aromatic N) is 1. The van der Waals surface area contributed by atoms with Crippen molar-refractivity contribution < 1.29 is 24.2 Å². The standard InChI is InChI=1S/C12H16N2O5/c15-11(13-14-3-5-18-6-4-14)9-7-1-2-8(19-7)10(9)12(16)17/h1-2,7-10H,3-6H2,(H,13,15)(H,16,17)/t7-,8-,9+,10-/m1/s1. The highest BCUT2D eigenvalue weighted by Crippen LogP contribution is 2.39. The van der Waals surface area contributed by atoms with Crippen molar-refractivity contribution in [2.75, 3.05) is 26.3 Å². The van der Waals surface area contributed by atoms with Crippen LogP contribution in [0.3, 0.4) is 0 Å². The largest absolute Gasteiger partial charge is 0.481 e. The van der Waals surface area contributed by atoms with E-state index in [2.05, 4.69) is 5.43 Å². The van der Waals surface area contributed by atoms with E-state index in [1.165, 1.54) is 0 Å². The van der Waals surface area contributed by atoms with Gasteiger partial charge in [-0.2, -0.15) is 0 Å². The SMILES string of the molecule is O=C(NN1CCOCC1)[C@@H]1[C@H](C(=O)O)[C@H]2C=C[C@H]1O2. The number of carbonyl (C=O) groups is 2. The van der Waals surface area contributed by atoms with Crippen LogP contribution < -0.4 is 5.43 Å². The van der Waals surface area contributed by atoms with Crippen LogP contribution in [0.4, 0.5) is 0 Å². The molecular formula is C12H16N2O5. The number of hydrogen-bond acceptors (Lipinski definition) is 5. The molecule has 2 fully saturated rings. The molecule has 7 heteroatoms. The molecule has 19 heavy (non-hydrogen) atoms. The van der Waals surface area contributed by atoms with Crippen molar-refractivity contribution in [1.82, 2.24) is 10.4 Å². The molecule has 1 amide bonds. The molecule has 4 atom stereocenters. The number of fused-ring (bicyclic) bond motifs is 2. The second-order valence-electron chi connectivity index (χ2n) is 4.92. The Bertz CT molecular complexity index is 418. The van der Waals surface area contributed by atoms with Gasteiger partial charge in [0.25, 0.3) is 0 Å². The Kier molecular flexibility index (Phi) is 3.26. The molecule has 0 radical (unpaired) electrons. The third-order valence-corrected chi connectivity index (χ3v) is 3.77. The second kappa shape index (κ2) is 4.92. The molecule has 0 unspecified atom stereocenters. The Morgan fingerprint density at radius 2 is 1.79 bits per heavy atom. The minimum Gasteiger partial charge on any atom is -0.481 e. The van der Waals surface area contributed by atoms with Crippen molar-refractivity contribution in [2.24, 2.45) is 11.8 Å². The Hall–Kier alpha value is -1.44. The highest BCUT2D eigenvalue weighted by molar-refractivity contribution is 5.87. The first-order valence-electron chi connectivity index (χ1n) is 6.36. The van der Waals surface area contributed by atoms with E-state index in [4.69, 9.17) is 9.47 Å². The minimum absolute atomic E-state index is 0.286. The normalized spacial score (nSPS) is 37.5. The highest BCUT2D eigenvalue weighted by Gasteiger charge is 2.53. The zero-order valence-electron chi connectivity index (χ0n) is 10.3. The lowest BCUT2D eigenvalue weighted by molar-refractivity contribution is -0.148. The molecule has 2 saturated heterocycles. The Balaban J connectivity index is 1.68. The first kappa shape index (κ1) is 12.6. The van der Waals surface area contributed by atoms with E-state index in [9.17, 15) is 14.7 Å². The Labute approximate surface area is 110 Å². The average Bonchev–Trinajstić information content (AvgIpc) is 2.99. The number of amides is 1. The molecule has 0 aromatic rings. The molecule has 2 bridgehead atoms. The van der Waals surface area contributed by atoms with Crippen molar-refractivity contribution in [1.29, 1.82) is 0 Å². The van der Waals surface area contributed by atoms with E-state index < -0.39 is 30.0 Å². The topological polar surface area (TPSA) is 88.1 Å². The van der Waals surface area contributed by atoms with Gasteiger partial charge in [-0.05, 0) is 0 Å². The molecule has 7 nitrogen and oxygen atoms in total. The van der Waals surface area contributed by atoms with E-state index in [1.807, 2.05) is 0 Å². The summed E-state index contributed by atoms with van der Waals surface area (Å²) in [7, 11) is 0. The van der Waals surface area contributed by atoms with Gasteiger partial charge in [-0.15, -0.1) is 0 Å². The van der Waals surface area contributed by atoms with Gasteiger partial charge < -0.3 is 14.6 Å². The highest BCUT2D eigenvalue weighted by atomic mass is 16.5. The number of nitrogens with one attached hydrogen (secondary N) is 1. The molecule has 3 heterocycles. The van der Waals surface area contributed by atoms with E-state index in [0.717, 1.165) is 0 Å². The van der Waals surface area contributed by atoms with Crippen LogP contribution in [0.15, 0.2) is 12.2 Å². The van der Waals surface area contributed by atoms with Gasteiger partial charge in [0.2, 0.25) is 5.91 Å². The van der Waals surface area contributed by atoms with Gasteiger partial charge in [-0.25, -0.2) is 5.01 Å². The van der Waals surface area contributed by atoms with Crippen LogP contribution in [-0.4, -0.2) is 60.5 Å². The van der Waals surface area contributed by atoms with Gasteiger partial charge in [0.05, 0.1) is 31.3 Å².